The molecule has 0 aliphatic rings. The first-order chi connectivity index (χ1) is 5.57. The Labute approximate surface area is 77.7 Å². The van der Waals surface area contributed by atoms with Crippen LogP contribution in [0.4, 0.5) is 0 Å². The van der Waals surface area contributed by atoms with Crippen molar-refractivity contribution in [3.8, 4) is 0 Å². The van der Waals surface area contributed by atoms with Crippen molar-refractivity contribution in [3.05, 3.63) is 34.9 Å². The number of hydrogen-bond donors (Lipinski definition) is 0. The van der Waals surface area contributed by atoms with E-state index in [9.17, 15) is 0 Å². The third-order valence-electron chi connectivity index (χ3n) is 2.37. The lowest BCUT2D eigenvalue weighted by atomic mass is 10.0. The van der Waals surface area contributed by atoms with Crippen LogP contribution in [0.5, 0.6) is 0 Å². The van der Waals surface area contributed by atoms with Crippen molar-refractivity contribution >= 4 is 21.5 Å². The summed E-state index contributed by atoms with van der Waals surface area (Å²) < 4.78 is 0. The number of hydrogen-bond acceptors (Lipinski definition) is 0. The summed E-state index contributed by atoms with van der Waals surface area (Å²) in [5, 5.41) is 1.20. The van der Waals surface area contributed by atoms with Gasteiger partial charge in [-0.05, 0) is 43.0 Å². The van der Waals surface area contributed by atoms with Gasteiger partial charge in [0.1, 0.15) is 0 Å². The summed E-state index contributed by atoms with van der Waals surface area (Å²) in [5.41, 5.74) is 5.10. The Morgan fingerprint density at radius 3 is 2.33 bits per heavy atom. The van der Waals surface area contributed by atoms with E-state index in [-0.39, 0.29) is 0 Å². The van der Waals surface area contributed by atoms with Gasteiger partial charge < -0.3 is 0 Å². The molecular formula is C11H13Si. The lowest BCUT2D eigenvalue weighted by Gasteiger charge is -2.11. The minimum Gasteiger partial charge on any atom is -0.0985 e. The molecular weight excluding hydrogens is 160 g/mol. The van der Waals surface area contributed by atoms with Crippen LogP contribution in [0.25, 0.3) is 6.08 Å². The maximum absolute atomic E-state index is 3.78. The molecule has 0 N–H and O–H groups in total. The van der Waals surface area contributed by atoms with Crippen molar-refractivity contribution in [1.29, 1.82) is 0 Å². The molecule has 0 bridgehead atoms. The van der Waals surface area contributed by atoms with Crippen LogP contribution in [0, 0.1) is 20.8 Å². The molecule has 0 atom stereocenters. The van der Waals surface area contributed by atoms with E-state index in [0.717, 1.165) is 0 Å². The monoisotopic (exact) mass is 173 g/mol. The van der Waals surface area contributed by atoms with Crippen molar-refractivity contribution in [2.24, 2.45) is 0 Å². The molecule has 0 amide bonds. The van der Waals surface area contributed by atoms with Gasteiger partial charge in [0.15, 0.2) is 0 Å². The Morgan fingerprint density at radius 1 is 1.25 bits per heavy atom. The lowest BCUT2D eigenvalue weighted by Crippen LogP contribution is -2.14. The molecule has 1 rings (SSSR count). The second-order valence-corrected chi connectivity index (χ2v) is 3.61. The molecule has 0 saturated carbocycles. The average Bonchev–Trinajstić information content (AvgIpc) is 2.08. The quantitative estimate of drug-likeness (QED) is 0.570. The van der Waals surface area contributed by atoms with Gasteiger partial charge in [0.2, 0.25) is 0 Å². The fraction of sp³-hybridized carbons (Fsp3) is 0.273. The molecule has 12 heavy (non-hydrogen) atoms. The highest BCUT2D eigenvalue weighted by atomic mass is 28.1. The van der Waals surface area contributed by atoms with Gasteiger partial charge in [0.05, 0.1) is 10.2 Å². The highest BCUT2D eigenvalue weighted by Gasteiger charge is 2.03. The van der Waals surface area contributed by atoms with Crippen LogP contribution < -0.4 is 5.19 Å². The summed E-state index contributed by atoms with van der Waals surface area (Å²) in [7, 11) is 3.63. The molecule has 0 aromatic heterocycles. The van der Waals surface area contributed by atoms with Crippen molar-refractivity contribution in [2.45, 2.75) is 20.8 Å². The normalized spacial score (nSPS) is 10.0. The molecule has 0 spiro atoms. The van der Waals surface area contributed by atoms with E-state index in [2.05, 4.69) is 43.7 Å². The van der Waals surface area contributed by atoms with Gasteiger partial charge in [0, 0.05) is 0 Å². The smallest absolute Gasteiger partial charge is 0.0719 e. The molecule has 1 heteroatoms. The van der Waals surface area contributed by atoms with Crippen LogP contribution in [0.3, 0.4) is 0 Å². The van der Waals surface area contributed by atoms with Gasteiger partial charge in [0.25, 0.3) is 0 Å². The van der Waals surface area contributed by atoms with Crippen molar-refractivity contribution in [3.63, 3.8) is 0 Å². The second-order valence-electron chi connectivity index (χ2n) is 3.11. The summed E-state index contributed by atoms with van der Waals surface area (Å²) >= 11 is 0. The van der Waals surface area contributed by atoms with Crippen LogP contribution in [0.15, 0.2) is 12.6 Å². The first-order valence-electron chi connectivity index (χ1n) is 4.02. The maximum atomic E-state index is 3.78. The van der Waals surface area contributed by atoms with Crippen LogP contribution in [0.2, 0.25) is 0 Å². The highest BCUT2D eigenvalue weighted by molar-refractivity contribution is 6.34. The predicted octanol–water partition coefficient (Wildman–Crippen LogP) is 2.05. The van der Waals surface area contributed by atoms with Gasteiger partial charge in [-0.2, -0.15) is 0 Å². The first-order valence-corrected chi connectivity index (χ1v) is 4.52. The van der Waals surface area contributed by atoms with E-state index in [1.165, 1.54) is 27.4 Å². The van der Waals surface area contributed by atoms with Crippen LogP contribution in [-0.2, 0) is 0 Å². The first kappa shape index (κ1) is 9.27. The van der Waals surface area contributed by atoms with Crippen molar-refractivity contribution in [1.82, 2.24) is 0 Å². The minimum atomic E-state index is 1.20. The fourth-order valence-corrected chi connectivity index (χ4v) is 1.63. The summed E-state index contributed by atoms with van der Waals surface area (Å²) in [6, 6.07) is 2.17. The van der Waals surface area contributed by atoms with Gasteiger partial charge in [-0.1, -0.05) is 23.9 Å². The molecule has 3 radical (unpaired) electrons. The molecule has 0 aliphatic heterocycles. The lowest BCUT2D eigenvalue weighted by molar-refractivity contribution is 1.32. The van der Waals surface area contributed by atoms with Gasteiger partial charge in [-0.25, -0.2) is 0 Å². The van der Waals surface area contributed by atoms with E-state index in [0.29, 0.717) is 0 Å². The standard InChI is InChI=1S/C11H13Si/c1-5-10-6-7(2)8(3)11(12)9(10)4/h5-6H,1H2,2-4H3. The number of aryl methyl sites for hydroxylation is 1. The predicted molar refractivity (Wildman–Crippen MR) is 56.1 cm³/mol. The third kappa shape index (κ3) is 1.37. The van der Waals surface area contributed by atoms with E-state index in [1.54, 1.807) is 0 Å². The summed E-state index contributed by atoms with van der Waals surface area (Å²) in [4.78, 5) is 0. The topological polar surface area (TPSA) is 0 Å². The number of rotatable bonds is 1. The Kier molecular flexibility index (Phi) is 2.53. The molecule has 0 heterocycles. The third-order valence-corrected chi connectivity index (χ3v) is 3.12. The SMILES string of the molecule is C=Cc1cc(C)c(C)c([Si])c1C. The molecule has 1 aromatic carbocycles. The van der Waals surface area contributed by atoms with Crippen LogP contribution >= 0.6 is 0 Å². The van der Waals surface area contributed by atoms with Gasteiger partial charge in [-0.3, -0.25) is 0 Å². The van der Waals surface area contributed by atoms with Crippen LogP contribution in [-0.4, -0.2) is 10.2 Å². The average molecular weight is 173 g/mol. The Morgan fingerprint density at radius 2 is 1.83 bits per heavy atom. The van der Waals surface area contributed by atoms with Gasteiger partial charge in [-0.15, -0.1) is 0 Å². The highest BCUT2D eigenvalue weighted by Crippen LogP contribution is 2.13. The number of benzene rings is 1. The van der Waals surface area contributed by atoms with Crippen molar-refractivity contribution in [2.75, 3.05) is 0 Å². The van der Waals surface area contributed by atoms with Crippen LogP contribution in [0.1, 0.15) is 22.3 Å². The van der Waals surface area contributed by atoms with E-state index in [1.807, 2.05) is 6.08 Å². The fourth-order valence-electron chi connectivity index (χ4n) is 1.28. The molecule has 0 aliphatic carbocycles. The van der Waals surface area contributed by atoms with E-state index in [4.69, 9.17) is 0 Å². The molecule has 0 unspecified atom stereocenters. The molecule has 0 fully saturated rings. The Balaban J connectivity index is 3.49. The van der Waals surface area contributed by atoms with E-state index < -0.39 is 0 Å². The second kappa shape index (κ2) is 3.28. The summed E-state index contributed by atoms with van der Waals surface area (Å²) in [6.45, 7) is 10.1. The molecule has 1 aromatic rings. The van der Waals surface area contributed by atoms with Crippen molar-refractivity contribution < 1.29 is 0 Å². The molecule has 0 saturated heterocycles. The zero-order chi connectivity index (χ0) is 9.30. The summed E-state index contributed by atoms with van der Waals surface area (Å²) in [6.07, 6.45) is 1.89. The Hall–Kier alpha value is -0.823. The largest absolute Gasteiger partial charge is 0.0985 e. The zero-order valence-electron chi connectivity index (χ0n) is 7.86. The molecule has 0 nitrogen and oxygen atoms in total. The summed E-state index contributed by atoms with van der Waals surface area (Å²) in [5.74, 6) is 0. The molecule has 61 valence electrons. The maximum Gasteiger partial charge on any atom is 0.0719 e. The zero-order valence-corrected chi connectivity index (χ0v) is 8.86. The minimum absolute atomic E-state index is 1.20. The van der Waals surface area contributed by atoms with E-state index >= 15 is 0 Å². The Bertz CT molecular complexity index is 324. The van der Waals surface area contributed by atoms with Gasteiger partial charge >= 0.3 is 0 Å².